The maximum Gasteiger partial charge on any atom is 0.412 e. The van der Waals surface area contributed by atoms with Crippen LogP contribution in [0.5, 0.6) is 5.75 Å². The predicted octanol–water partition coefficient (Wildman–Crippen LogP) is 1.70. The second kappa shape index (κ2) is 7.17. The minimum Gasteiger partial charge on any atom is -0.485 e. The fourth-order valence-electron chi connectivity index (χ4n) is 2.91. The van der Waals surface area contributed by atoms with E-state index in [1.165, 1.54) is 8.61 Å². The number of ether oxygens (including phenoxy) is 2. The highest BCUT2D eigenvalue weighted by molar-refractivity contribution is 7.87. The summed E-state index contributed by atoms with van der Waals surface area (Å²) in [6, 6.07) is 5.22. The van der Waals surface area contributed by atoms with E-state index in [4.69, 9.17) is 9.47 Å². The van der Waals surface area contributed by atoms with E-state index in [1.807, 2.05) is 0 Å². The van der Waals surface area contributed by atoms with Crippen LogP contribution in [0.15, 0.2) is 18.2 Å². The van der Waals surface area contributed by atoms with Gasteiger partial charge in [-0.2, -0.15) is 17.0 Å². The molecule has 0 bridgehead atoms. The molecule has 2 N–H and O–H groups in total. The highest BCUT2D eigenvalue weighted by Crippen LogP contribution is 2.32. The van der Waals surface area contributed by atoms with Gasteiger partial charge in [-0.25, -0.2) is 4.79 Å². The molecule has 1 amide bonds. The van der Waals surface area contributed by atoms with Gasteiger partial charge in [0.15, 0.2) is 0 Å². The first-order chi connectivity index (χ1) is 12.5. The Kier molecular flexibility index (Phi) is 5.24. The first-order valence-electron chi connectivity index (χ1n) is 8.80. The molecule has 0 saturated carbocycles. The zero-order valence-electron chi connectivity index (χ0n) is 16.0. The van der Waals surface area contributed by atoms with Gasteiger partial charge >= 0.3 is 6.09 Å². The molecule has 27 heavy (non-hydrogen) atoms. The number of fused-ring (bicyclic) bond motifs is 1. The van der Waals surface area contributed by atoms with Gasteiger partial charge in [-0.05, 0) is 39.0 Å². The molecule has 1 aromatic rings. The van der Waals surface area contributed by atoms with E-state index in [9.17, 15) is 13.2 Å². The standard InChI is InChI=1S/C17H26N4O5S/c1-17(2,3)26-16(22)19-12-5-6-15-14(9-12)18-10-13(25-15)11-21-8-7-20(4)27(21,23)24/h5-6,9,13,18H,7-8,10-11H2,1-4H3,(H,19,22)/t13-/m1/s1. The SMILES string of the molecule is CN1CCN(C[C@H]2CNc3cc(NC(=O)OC(C)(C)C)ccc3O2)S1(=O)=O. The second-order valence-electron chi connectivity index (χ2n) is 7.65. The number of amides is 1. The first kappa shape index (κ1) is 19.7. The van der Waals surface area contributed by atoms with E-state index in [2.05, 4.69) is 10.6 Å². The van der Waals surface area contributed by atoms with Gasteiger partial charge in [0.1, 0.15) is 17.5 Å². The lowest BCUT2D eigenvalue weighted by molar-refractivity contribution is 0.0636. The summed E-state index contributed by atoms with van der Waals surface area (Å²) in [6.07, 6.45) is -0.816. The maximum absolute atomic E-state index is 12.2. The van der Waals surface area contributed by atoms with E-state index in [1.54, 1.807) is 46.0 Å². The Labute approximate surface area is 159 Å². The summed E-state index contributed by atoms with van der Waals surface area (Å²) in [4.78, 5) is 11.9. The highest BCUT2D eigenvalue weighted by atomic mass is 32.2. The van der Waals surface area contributed by atoms with Crippen LogP contribution in [0.3, 0.4) is 0 Å². The summed E-state index contributed by atoms with van der Waals surface area (Å²) >= 11 is 0. The Morgan fingerprint density at radius 3 is 2.74 bits per heavy atom. The number of hydrogen-bond acceptors (Lipinski definition) is 6. The lowest BCUT2D eigenvalue weighted by Gasteiger charge is -2.30. The Bertz CT molecular complexity index is 821. The molecule has 1 aromatic carbocycles. The van der Waals surface area contributed by atoms with Gasteiger partial charge in [0, 0.05) is 25.8 Å². The number of hydrogen-bond donors (Lipinski definition) is 2. The van der Waals surface area contributed by atoms with Crippen LogP contribution in [-0.2, 0) is 14.9 Å². The third kappa shape index (κ3) is 4.63. The molecule has 2 heterocycles. The quantitative estimate of drug-likeness (QED) is 0.804. The smallest absolute Gasteiger partial charge is 0.412 e. The van der Waals surface area contributed by atoms with E-state index in [-0.39, 0.29) is 12.6 Å². The molecule has 2 aliphatic rings. The van der Waals surface area contributed by atoms with E-state index >= 15 is 0 Å². The van der Waals surface area contributed by atoms with Crippen molar-refractivity contribution in [1.29, 1.82) is 0 Å². The van der Waals surface area contributed by atoms with Crippen molar-refractivity contribution in [3.63, 3.8) is 0 Å². The monoisotopic (exact) mass is 398 g/mol. The van der Waals surface area contributed by atoms with Gasteiger partial charge in [0.25, 0.3) is 10.2 Å². The molecule has 0 aromatic heterocycles. The van der Waals surface area contributed by atoms with Crippen LogP contribution in [0.1, 0.15) is 20.8 Å². The molecule has 1 fully saturated rings. The maximum atomic E-state index is 12.2. The number of anilines is 2. The largest absolute Gasteiger partial charge is 0.485 e. The molecule has 0 radical (unpaired) electrons. The van der Waals surface area contributed by atoms with Crippen LogP contribution in [0.4, 0.5) is 16.2 Å². The highest BCUT2D eigenvalue weighted by Gasteiger charge is 2.36. The van der Waals surface area contributed by atoms with Gasteiger partial charge in [-0.3, -0.25) is 5.32 Å². The lowest BCUT2D eigenvalue weighted by Crippen LogP contribution is -2.43. The van der Waals surface area contributed by atoms with E-state index < -0.39 is 21.9 Å². The Morgan fingerprint density at radius 2 is 2.11 bits per heavy atom. The normalized spacial score (nSPS) is 22.4. The molecule has 2 aliphatic heterocycles. The third-order valence-corrected chi connectivity index (χ3v) is 6.18. The predicted molar refractivity (Wildman–Crippen MR) is 102 cm³/mol. The van der Waals surface area contributed by atoms with Crippen LogP contribution >= 0.6 is 0 Å². The number of benzene rings is 1. The van der Waals surface area contributed by atoms with Crippen molar-refractivity contribution in [1.82, 2.24) is 8.61 Å². The summed E-state index contributed by atoms with van der Waals surface area (Å²) in [7, 11) is -1.81. The first-order valence-corrected chi connectivity index (χ1v) is 10.2. The van der Waals surface area contributed by atoms with Crippen molar-refractivity contribution in [2.75, 3.05) is 43.9 Å². The number of carbonyl (C=O) groups excluding carboxylic acids is 1. The van der Waals surface area contributed by atoms with Gasteiger partial charge in [-0.1, -0.05) is 0 Å². The van der Waals surface area contributed by atoms with Gasteiger partial charge in [0.05, 0.1) is 18.8 Å². The van der Waals surface area contributed by atoms with Crippen LogP contribution in [0.2, 0.25) is 0 Å². The third-order valence-electron chi connectivity index (χ3n) is 4.23. The van der Waals surface area contributed by atoms with E-state index in [0.29, 0.717) is 31.1 Å². The summed E-state index contributed by atoms with van der Waals surface area (Å²) < 4.78 is 38.3. The number of nitrogens with zero attached hydrogens (tertiary/aromatic N) is 2. The molecule has 0 aliphatic carbocycles. The minimum absolute atomic E-state index is 0.288. The summed E-state index contributed by atoms with van der Waals surface area (Å²) in [5.41, 5.74) is 0.749. The number of nitrogens with one attached hydrogen (secondary N) is 2. The topological polar surface area (TPSA) is 100 Å². The van der Waals surface area contributed by atoms with Crippen molar-refractivity contribution >= 4 is 27.7 Å². The Balaban J connectivity index is 1.62. The van der Waals surface area contributed by atoms with Crippen molar-refractivity contribution in [3.8, 4) is 5.75 Å². The molecule has 0 unspecified atom stereocenters. The van der Waals surface area contributed by atoms with Gasteiger partial charge in [-0.15, -0.1) is 0 Å². The van der Waals surface area contributed by atoms with E-state index in [0.717, 1.165) is 5.69 Å². The van der Waals surface area contributed by atoms with Crippen LogP contribution in [0, 0.1) is 0 Å². The Hall–Kier alpha value is -2.04. The molecule has 1 atom stereocenters. The summed E-state index contributed by atoms with van der Waals surface area (Å²) in [5, 5.41) is 5.92. The average Bonchev–Trinajstić information content (AvgIpc) is 2.80. The summed E-state index contributed by atoms with van der Waals surface area (Å²) in [6.45, 7) is 7.10. The molecule has 9 nitrogen and oxygen atoms in total. The zero-order chi connectivity index (χ0) is 19.8. The van der Waals surface area contributed by atoms with Gasteiger partial charge < -0.3 is 14.8 Å². The second-order valence-corrected chi connectivity index (χ2v) is 9.68. The molecule has 3 rings (SSSR count). The Morgan fingerprint density at radius 1 is 1.37 bits per heavy atom. The number of rotatable bonds is 3. The van der Waals surface area contributed by atoms with Crippen LogP contribution < -0.4 is 15.4 Å². The molecule has 10 heteroatoms. The zero-order valence-corrected chi connectivity index (χ0v) is 16.8. The fraction of sp³-hybridized carbons (Fsp3) is 0.588. The molecule has 1 saturated heterocycles. The molecular formula is C17H26N4O5S. The van der Waals surface area contributed by atoms with Crippen molar-refractivity contribution in [2.45, 2.75) is 32.5 Å². The average molecular weight is 398 g/mol. The lowest BCUT2D eigenvalue weighted by atomic mass is 10.2. The van der Waals surface area contributed by atoms with Crippen molar-refractivity contribution < 1.29 is 22.7 Å². The minimum atomic E-state index is -3.38. The van der Waals surface area contributed by atoms with Crippen molar-refractivity contribution in [2.24, 2.45) is 0 Å². The molecule has 150 valence electrons. The van der Waals surface area contributed by atoms with Crippen molar-refractivity contribution in [3.05, 3.63) is 18.2 Å². The van der Waals surface area contributed by atoms with Crippen LogP contribution in [0.25, 0.3) is 0 Å². The van der Waals surface area contributed by atoms with Gasteiger partial charge in [0.2, 0.25) is 0 Å². The molecular weight excluding hydrogens is 372 g/mol. The number of likely N-dealkylation sites (N-methyl/N-ethyl adjacent to an activating group) is 1. The molecule has 0 spiro atoms. The number of carbonyl (C=O) groups is 1. The van der Waals surface area contributed by atoms with Crippen LogP contribution in [-0.4, -0.2) is 68.1 Å². The summed E-state index contributed by atoms with van der Waals surface area (Å²) in [5.74, 6) is 0.617. The fourth-order valence-corrected chi connectivity index (χ4v) is 4.28.